The summed E-state index contributed by atoms with van der Waals surface area (Å²) in [6.07, 6.45) is 30.1. The van der Waals surface area contributed by atoms with Gasteiger partial charge < -0.3 is 81.1 Å². The minimum atomic E-state index is -0.367. The van der Waals surface area contributed by atoms with Gasteiger partial charge in [-0.1, -0.05) is 78.9 Å². The summed E-state index contributed by atoms with van der Waals surface area (Å²) in [5, 5.41) is 29.1. The Morgan fingerprint density at radius 2 is 0.807 bits per heavy atom. The first-order valence-corrected chi connectivity index (χ1v) is 52.6. The molecule has 9 aromatic rings. The van der Waals surface area contributed by atoms with Gasteiger partial charge in [-0.25, -0.2) is 13.1 Å². The van der Waals surface area contributed by atoms with Crippen molar-refractivity contribution in [2.45, 2.75) is 288 Å². The van der Waals surface area contributed by atoms with Gasteiger partial charge in [0.05, 0.1) is 136 Å². The molecule has 0 radical (unpaired) electrons. The van der Waals surface area contributed by atoms with Gasteiger partial charge in [-0.2, -0.15) is 15.8 Å². The van der Waals surface area contributed by atoms with Gasteiger partial charge >= 0.3 is 7.12 Å². The van der Waals surface area contributed by atoms with Crippen molar-refractivity contribution in [3.63, 3.8) is 0 Å². The highest BCUT2D eigenvalue weighted by Crippen LogP contribution is 2.48. The maximum atomic E-state index is 10.9. The number of allylic oxidation sites excluding steroid dienone is 3. The van der Waals surface area contributed by atoms with Crippen molar-refractivity contribution in [2.24, 2.45) is 17.8 Å². The van der Waals surface area contributed by atoms with Crippen LogP contribution in [0.2, 0.25) is 0 Å². The molecule has 12 aliphatic rings. The largest absolute Gasteiger partial charge is 0.495 e. The van der Waals surface area contributed by atoms with Crippen molar-refractivity contribution in [3.8, 4) is 68.8 Å². The molecule has 2 spiro atoms. The number of Topliss-reactive ketones (excluding diaryl/α,β-unsaturated/α-hetero) is 2. The summed E-state index contributed by atoms with van der Waals surface area (Å²) in [5.74, 6) is 3.58. The number of carbonyl (C=O) groups is 2. The number of nitriles is 3. The fraction of sp³-hybridized carbons (Fsp3) is 0.521. The highest BCUT2D eigenvalue weighted by Gasteiger charge is 2.53. The second kappa shape index (κ2) is 50.7. The number of methoxy groups -OCH3 is 3. The molecule has 3 aromatic heterocycles. The number of hydrogen-bond acceptors (Lipinski definition) is 23. The molecule has 2 unspecified atom stereocenters. The average molecular weight is 2050 g/mol. The summed E-state index contributed by atoms with van der Waals surface area (Å²) in [4.78, 5) is 50.6. The quantitative estimate of drug-likeness (QED) is 0.0812. The fourth-order valence-electron chi connectivity index (χ4n) is 21.8. The van der Waals surface area contributed by atoms with Crippen LogP contribution in [0, 0.1) is 64.9 Å². The van der Waals surface area contributed by atoms with Crippen LogP contribution in [0.15, 0.2) is 168 Å². The third-order valence-corrected chi connectivity index (χ3v) is 30.9. The number of nitrogens with zero attached hydrogens (tertiary/aromatic N) is 11. The minimum Gasteiger partial charge on any atom is -0.495 e. The molecular formula is C117H142BBrClN11O14. The Balaban J connectivity index is 0.000000140. The Morgan fingerprint density at radius 1 is 0.421 bits per heavy atom. The average Bonchev–Trinajstić information content (AvgIpc) is 1.71. The number of aromatic nitrogens is 3. The Bertz CT molecular complexity index is 6130. The zero-order chi connectivity index (χ0) is 102. The van der Waals surface area contributed by atoms with Crippen LogP contribution in [0.1, 0.15) is 228 Å². The van der Waals surface area contributed by atoms with E-state index in [1.807, 2.05) is 36.8 Å². The van der Waals surface area contributed by atoms with Crippen LogP contribution >= 0.6 is 28.3 Å². The molecule has 8 atom stereocenters. The van der Waals surface area contributed by atoms with Crippen molar-refractivity contribution in [3.05, 3.63) is 202 Å². The van der Waals surface area contributed by atoms with Gasteiger partial charge in [0.25, 0.3) is 0 Å². The van der Waals surface area contributed by atoms with E-state index in [2.05, 4.69) is 254 Å². The monoisotopic (exact) mass is 2050 g/mol. The zero-order valence-electron chi connectivity index (χ0n) is 86.6. The molecule has 10 fully saturated rings. The third kappa shape index (κ3) is 27.4. The van der Waals surface area contributed by atoms with Crippen LogP contribution in [0.4, 0.5) is 17.1 Å². The normalized spacial score (nSPS) is 24.6. The van der Waals surface area contributed by atoms with E-state index in [1.54, 1.807) is 21.3 Å². The first kappa shape index (κ1) is 110. The van der Waals surface area contributed by atoms with Crippen molar-refractivity contribution in [2.75, 3.05) is 102 Å². The lowest BCUT2D eigenvalue weighted by atomic mass is 9.71. The molecule has 145 heavy (non-hydrogen) atoms. The summed E-state index contributed by atoms with van der Waals surface area (Å²) in [6, 6.07) is 51.9. The van der Waals surface area contributed by atoms with Gasteiger partial charge in [0.15, 0.2) is 11.6 Å². The van der Waals surface area contributed by atoms with E-state index >= 15 is 0 Å². The summed E-state index contributed by atoms with van der Waals surface area (Å²) < 4.78 is 70.2. The van der Waals surface area contributed by atoms with Crippen LogP contribution in [-0.4, -0.2) is 192 Å². The molecule has 21 rings (SSSR count). The Kier molecular flexibility index (Phi) is 38.4. The second-order valence-electron chi connectivity index (χ2n) is 41.3. The number of pyridine rings is 3. The van der Waals surface area contributed by atoms with Crippen molar-refractivity contribution >= 4 is 102 Å². The Morgan fingerprint density at radius 3 is 1.21 bits per heavy atom. The maximum absolute atomic E-state index is 10.9. The van der Waals surface area contributed by atoms with E-state index in [0.717, 1.165) is 261 Å². The first-order valence-electron chi connectivity index (χ1n) is 51.8. The van der Waals surface area contributed by atoms with Crippen LogP contribution in [0.25, 0.3) is 81.4 Å². The van der Waals surface area contributed by atoms with Gasteiger partial charge in [-0.05, 0) is 249 Å². The van der Waals surface area contributed by atoms with Crippen LogP contribution in [-0.2, 0) is 52.1 Å². The van der Waals surface area contributed by atoms with Crippen molar-refractivity contribution in [1.82, 2.24) is 15.0 Å². The predicted molar refractivity (Wildman–Crippen MR) is 577 cm³/mol. The minimum absolute atomic E-state index is 0. The van der Waals surface area contributed by atoms with Crippen LogP contribution < -0.4 is 28.9 Å². The lowest BCUT2D eigenvalue weighted by Crippen LogP contribution is -2.45. The molecule has 9 heterocycles. The van der Waals surface area contributed by atoms with Crippen LogP contribution in [0.5, 0.6) is 17.2 Å². The second-order valence-corrected chi connectivity index (χ2v) is 42.2. The third-order valence-electron chi connectivity index (χ3n) is 30.3. The number of anilines is 3. The number of carbonyl (C=O) groups excluding carboxylic acids is 2. The molecule has 0 N–H and O–H groups in total. The molecule has 6 aliphatic heterocycles. The molecule has 6 saturated heterocycles. The van der Waals surface area contributed by atoms with E-state index < -0.39 is 0 Å². The Hall–Kier alpha value is -10.9. The molecule has 25 nitrogen and oxygen atoms in total. The molecule has 6 aromatic carbocycles. The standard InChI is InChI=1S/C29H33N3O2.C29H31N3O2.C22H23BrN2O2.C13H20BNO2.C9H13NO2.C8H12O3.C7H9NO.ClH/c2*1-19-17-32(18-20(2)34-19)24-14-10-22(11-15-24)27-16-31-28-25(6-5-7-26(28)29(27)33-4)21-8-12-23(30-3)13-9-21;1-14-12-25(13-15(2)27-14)17-9-7-16(8-10-17)19-11-24-21-18(22(19)26-3)5-4-6-20(21)23;1-12(2)13(3,4)17-14(16-12)11-7-5-10(9-15)6-8-11;10-7-8-1-3-9(4-2-8)11-5-6-12-9;9-7-1-3-8(4-2-7)10-5-6-11-8;8-5-6-1-3-7(9)4-2-6;/h5-7,10-11,14-16,19-21,23H,8-9,12-13,17-18H2,1-2,4H3;5-8,10-11,14-16,19-20,23H,9,12-13,17-18H2,1-2,4H3;4-11,14-15H,12-13H2,1-3H3;7,10H,5-6,8H2,1-4H3;8H,1-6H2;1-6H2;6H,1-4H2;1H/t19-,20+,21?,23?;19-,20+,23?;14-,15+;;;;;. The molecule has 766 valence electrons. The number of fused-ring (bicyclic) bond motifs is 3. The summed E-state index contributed by atoms with van der Waals surface area (Å²) in [5.41, 5.74) is 17.2. The van der Waals surface area contributed by atoms with E-state index in [4.69, 9.17) is 95.6 Å². The summed E-state index contributed by atoms with van der Waals surface area (Å²) >= 11 is 3.57. The van der Waals surface area contributed by atoms with Gasteiger partial charge in [0.2, 0.25) is 12.1 Å². The highest BCUT2D eigenvalue weighted by molar-refractivity contribution is 9.10. The molecule has 6 aliphatic carbocycles. The molecular weight excluding hydrogens is 1910 g/mol. The van der Waals surface area contributed by atoms with E-state index in [0.29, 0.717) is 56.4 Å². The smallest absolute Gasteiger partial charge is 0.490 e. The van der Waals surface area contributed by atoms with Crippen LogP contribution in [0.3, 0.4) is 0 Å². The van der Waals surface area contributed by atoms with E-state index in [1.165, 1.54) is 33.7 Å². The molecule has 28 heteroatoms. The number of halogens is 2. The number of morpholine rings is 3. The summed E-state index contributed by atoms with van der Waals surface area (Å²) in [6.45, 7) is 43.9. The number of ketones is 2. The first-order chi connectivity index (χ1) is 69.5. The number of para-hydroxylation sites is 3. The predicted octanol–water partition coefficient (Wildman–Crippen LogP) is 25.0. The van der Waals surface area contributed by atoms with Gasteiger partial charge in [0, 0.05) is 207 Å². The topological polar surface area (TPSA) is 273 Å². The molecule has 0 bridgehead atoms. The SMILES string of the molecule is CC1(C)OB(C2=CCC(C#N)CC2)OC1(C)C.COc1c(-c2ccc(N3C[C@@H](C)O[C@@H](C)C3)cc2)cnc2c(Br)cccc12.Cl.N#CC1CCC(=O)CC1.N#CC1CCC2(CC1)OCCO2.O=C1CCC2(CC1)OCCO2.[C-]#[N+]C1CC=C(c2cccc3c(OC)c(-c4ccc(N5C[C@@H](C)O[C@@H](C)C5)cc4)cnc23)CC1.[C-]#[N+]C1CCC(c2cccc3c(OC)c(-c4ccc(N5C[C@@H](C)O[C@@H](C)C5)cc4)cnc23)CC1. The van der Waals surface area contributed by atoms with Gasteiger partial charge in [-0.15, -0.1) is 12.4 Å². The van der Waals surface area contributed by atoms with Gasteiger partial charge in [0.1, 0.15) is 28.8 Å². The van der Waals surface area contributed by atoms with Crippen molar-refractivity contribution in [1.29, 1.82) is 15.8 Å². The molecule has 4 saturated carbocycles. The zero-order valence-corrected chi connectivity index (χ0v) is 89.0. The number of benzene rings is 6. The lowest BCUT2D eigenvalue weighted by molar-refractivity contribution is -0.180. The Labute approximate surface area is 872 Å². The highest BCUT2D eigenvalue weighted by atomic mass is 79.9. The molecule has 0 amide bonds. The van der Waals surface area contributed by atoms with Crippen molar-refractivity contribution < 1.29 is 66.3 Å². The number of rotatable bonds is 12. The lowest BCUT2D eigenvalue weighted by Gasteiger charge is -2.37. The fourth-order valence-corrected chi connectivity index (χ4v) is 22.3. The number of hydrogen-bond donors (Lipinski definition) is 0. The maximum Gasteiger partial charge on any atom is 0.490 e. The van der Waals surface area contributed by atoms with E-state index in [9.17, 15) is 9.59 Å². The number of ether oxygens (including phenoxy) is 10. The van der Waals surface area contributed by atoms with Gasteiger partial charge in [-0.3, -0.25) is 24.5 Å². The van der Waals surface area contributed by atoms with E-state index in [-0.39, 0.29) is 109 Å². The summed E-state index contributed by atoms with van der Waals surface area (Å²) in [7, 11) is 4.97.